The van der Waals surface area contributed by atoms with Crippen molar-refractivity contribution in [3.05, 3.63) is 114 Å². The number of aromatic nitrogens is 1. The van der Waals surface area contributed by atoms with Crippen molar-refractivity contribution in [3.8, 4) is 23.0 Å². The van der Waals surface area contributed by atoms with Crippen LogP contribution < -0.4 is 33.8 Å². The van der Waals surface area contributed by atoms with Gasteiger partial charge in [-0.05, 0) is 56.2 Å². The highest BCUT2D eigenvalue weighted by Crippen LogP contribution is 2.37. The SMILES string of the molecule is CCOC(=O)C1=C(C)N=c2s/c(=C/c3cccc(OC)c3OCc3ccccc3)c(=O)n2[C@H]1c1ccc(OCC(=O)OC)c(OCC)c1. The van der Waals surface area contributed by atoms with E-state index in [1.54, 1.807) is 51.3 Å². The summed E-state index contributed by atoms with van der Waals surface area (Å²) in [5.74, 6) is 0.489. The number of fused-ring (bicyclic) bond motifs is 1. The Bertz CT molecular complexity index is 2010. The van der Waals surface area contributed by atoms with Gasteiger partial charge in [0.05, 0.1) is 49.3 Å². The summed E-state index contributed by atoms with van der Waals surface area (Å²) in [6.07, 6.45) is 1.74. The zero-order valence-electron chi connectivity index (χ0n) is 27.3. The monoisotopic (exact) mass is 672 g/mol. The van der Waals surface area contributed by atoms with Crippen molar-refractivity contribution in [2.75, 3.05) is 34.0 Å². The molecule has 1 atom stereocenters. The number of esters is 2. The van der Waals surface area contributed by atoms with Gasteiger partial charge < -0.3 is 28.4 Å². The molecule has 0 N–H and O–H groups in total. The number of carbonyl (C=O) groups excluding carboxylic acids is 2. The van der Waals surface area contributed by atoms with E-state index in [9.17, 15) is 14.4 Å². The van der Waals surface area contributed by atoms with Crippen LogP contribution in [0.5, 0.6) is 23.0 Å². The number of nitrogens with zero attached hydrogens (tertiary/aromatic N) is 2. The van der Waals surface area contributed by atoms with Gasteiger partial charge in [0.1, 0.15) is 6.61 Å². The molecule has 0 saturated carbocycles. The van der Waals surface area contributed by atoms with Crippen LogP contribution in [-0.4, -0.2) is 50.5 Å². The average molecular weight is 673 g/mol. The van der Waals surface area contributed by atoms with E-state index in [1.807, 2.05) is 49.4 Å². The van der Waals surface area contributed by atoms with Crippen molar-refractivity contribution in [1.29, 1.82) is 0 Å². The number of para-hydroxylation sites is 1. The van der Waals surface area contributed by atoms with E-state index in [0.717, 1.165) is 5.56 Å². The van der Waals surface area contributed by atoms with E-state index in [4.69, 9.17) is 23.7 Å². The highest BCUT2D eigenvalue weighted by atomic mass is 32.1. The lowest BCUT2D eigenvalue weighted by Gasteiger charge is -2.25. The van der Waals surface area contributed by atoms with Gasteiger partial charge in [-0.25, -0.2) is 14.6 Å². The van der Waals surface area contributed by atoms with Gasteiger partial charge in [0.25, 0.3) is 5.56 Å². The number of thiazole rings is 1. The second-order valence-corrected chi connectivity index (χ2v) is 11.5. The van der Waals surface area contributed by atoms with Crippen molar-refractivity contribution < 1.29 is 38.0 Å². The molecule has 0 amide bonds. The maximum Gasteiger partial charge on any atom is 0.343 e. The molecule has 48 heavy (non-hydrogen) atoms. The fourth-order valence-corrected chi connectivity index (χ4v) is 6.25. The van der Waals surface area contributed by atoms with Gasteiger partial charge in [0.2, 0.25) is 0 Å². The standard InChI is InChI=1S/C36H36N2O9S/c1-6-44-28-18-24(16-17-26(28)46-21-30(39)43-5)32-31(35(41)45-7-2)22(3)37-36-38(32)34(40)29(48-36)19-25-14-11-15-27(42-4)33(25)47-20-23-12-9-8-10-13-23/h8-19,32H,6-7,20-21H2,1-5H3/b29-19+/t32-/m0/s1. The fourth-order valence-electron chi connectivity index (χ4n) is 5.22. The minimum atomic E-state index is -0.893. The molecule has 5 rings (SSSR count). The molecule has 1 aliphatic heterocycles. The number of allylic oxidation sites excluding steroid dienone is 1. The van der Waals surface area contributed by atoms with Crippen molar-refractivity contribution in [1.82, 2.24) is 4.57 Å². The summed E-state index contributed by atoms with van der Waals surface area (Å²) in [7, 11) is 2.83. The molecule has 0 spiro atoms. The number of hydrogen-bond acceptors (Lipinski definition) is 11. The Morgan fingerprint density at radius 3 is 2.42 bits per heavy atom. The Hall–Kier alpha value is -5.36. The third-order valence-corrected chi connectivity index (χ3v) is 8.40. The van der Waals surface area contributed by atoms with Gasteiger partial charge in [0.15, 0.2) is 34.4 Å². The molecule has 0 unspecified atom stereocenters. The molecule has 250 valence electrons. The lowest BCUT2D eigenvalue weighted by Crippen LogP contribution is -2.40. The Morgan fingerprint density at radius 1 is 0.917 bits per heavy atom. The Morgan fingerprint density at radius 2 is 1.71 bits per heavy atom. The molecule has 0 radical (unpaired) electrons. The Kier molecular flexibility index (Phi) is 11.0. The zero-order valence-corrected chi connectivity index (χ0v) is 28.1. The minimum Gasteiger partial charge on any atom is -0.493 e. The van der Waals surface area contributed by atoms with E-state index in [1.165, 1.54) is 23.0 Å². The summed E-state index contributed by atoms with van der Waals surface area (Å²) in [6, 6.07) is 19.3. The molecule has 12 heteroatoms. The first-order valence-electron chi connectivity index (χ1n) is 15.3. The second kappa shape index (κ2) is 15.5. The first kappa shape index (κ1) is 34.0. The number of benzene rings is 3. The van der Waals surface area contributed by atoms with Crippen molar-refractivity contribution in [2.24, 2.45) is 4.99 Å². The molecule has 0 aliphatic carbocycles. The zero-order chi connectivity index (χ0) is 34.2. The van der Waals surface area contributed by atoms with E-state index in [0.29, 0.717) is 62.4 Å². The lowest BCUT2D eigenvalue weighted by molar-refractivity contribution is -0.143. The van der Waals surface area contributed by atoms with Crippen LogP contribution in [0.3, 0.4) is 0 Å². The fraction of sp³-hybridized carbons (Fsp3) is 0.278. The number of carbonyl (C=O) groups is 2. The second-order valence-electron chi connectivity index (χ2n) is 10.5. The van der Waals surface area contributed by atoms with Crippen LogP contribution in [0.15, 0.2) is 87.8 Å². The van der Waals surface area contributed by atoms with Gasteiger partial charge in [-0.3, -0.25) is 9.36 Å². The average Bonchev–Trinajstić information content (AvgIpc) is 3.40. The van der Waals surface area contributed by atoms with Crippen molar-refractivity contribution >= 4 is 29.4 Å². The smallest absolute Gasteiger partial charge is 0.343 e. The topological polar surface area (TPSA) is 124 Å². The predicted octanol–water partition coefficient (Wildman–Crippen LogP) is 4.34. The molecule has 2 heterocycles. The molecule has 11 nitrogen and oxygen atoms in total. The Labute approximate surface area is 281 Å². The van der Waals surface area contributed by atoms with Crippen LogP contribution in [0.4, 0.5) is 0 Å². The number of rotatable bonds is 13. The number of methoxy groups -OCH3 is 2. The molecule has 4 aromatic rings. The Balaban J connectivity index is 1.64. The molecule has 0 fully saturated rings. The van der Waals surface area contributed by atoms with E-state index in [-0.39, 0.29) is 24.3 Å². The lowest BCUT2D eigenvalue weighted by atomic mass is 9.95. The van der Waals surface area contributed by atoms with Crippen LogP contribution in [0.25, 0.3) is 6.08 Å². The highest BCUT2D eigenvalue weighted by molar-refractivity contribution is 7.07. The normalized spacial score (nSPS) is 14.1. The first-order chi connectivity index (χ1) is 23.3. The van der Waals surface area contributed by atoms with E-state index < -0.39 is 18.0 Å². The largest absolute Gasteiger partial charge is 0.493 e. The summed E-state index contributed by atoms with van der Waals surface area (Å²) in [5.41, 5.74) is 2.45. The summed E-state index contributed by atoms with van der Waals surface area (Å²) in [6.45, 7) is 5.65. The molecule has 0 saturated heterocycles. The van der Waals surface area contributed by atoms with Crippen molar-refractivity contribution in [3.63, 3.8) is 0 Å². The third kappa shape index (κ3) is 7.28. The maximum absolute atomic E-state index is 14.3. The summed E-state index contributed by atoms with van der Waals surface area (Å²) in [5, 5.41) is 0. The van der Waals surface area contributed by atoms with Crippen LogP contribution in [0.2, 0.25) is 0 Å². The minimum absolute atomic E-state index is 0.138. The number of hydrogen-bond donors (Lipinski definition) is 0. The highest BCUT2D eigenvalue weighted by Gasteiger charge is 2.34. The van der Waals surface area contributed by atoms with Crippen LogP contribution in [0.1, 0.15) is 43.5 Å². The van der Waals surface area contributed by atoms with E-state index >= 15 is 0 Å². The van der Waals surface area contributed by atoms with E-state index in [2.05, 4.69) is 9.73 Å². The molecule has 1 aromatic heterocycles. The number of ether oxygens (including phenoxy) is 6. The molecule has 1 aliphatic rings. The maximum atomic E-state index is 14.3. The summed E-state index contributed by atoms with van der Waals surface area (Å²) in [4.78, 5) is 44.5. The van der Waals surface area contributed by atoms with Gasteiger partial charge in [0, 0.05) is 5.56 Å². The first-order valence-corrected chi connectivity index (χ1v) is 16.1. The van der Waals surface area contributed by atoms with Gasteiger partial charge >= 0.3 is 11.9 Å². The van der Waals surface area contributed by atoms with Crippen LogP contribution >= 0.6 is 11.3 Å². The quantitative estimate of drug-likeness (QED) is 0.191. The summed E-state index contributed by atoms with van der Waals surface area (Å²) >= 11 is 1.19. The summed E-state index contributed by atoms with van der Waals surface area (Å²) < 4.78 is 35.3. The van der Waals surface area contributed by atoms with Gasteiger partial charge in [-0.1, -0.05) is 59.9 Å². The van der Waals surface area contributed by atoms with Crippen LogP contribution in [-0.2, 0) is 25.7 Å². The predicted molar refractivity (Wildman–Crippen MR) is 179 cm³/mol. The van der Waals surface area contributed by atoms with Crippen molar-refractivity contribution in [2.45, 2.75) is 33.4 Å². The van der Waals surface area contributed by atoms with Gasteiger partial charge in [-0.15, -0.1) is 0 Å². The molecular formula is C36H36N2O9S. The molecule has 0 bridgehead atoms. The third-order valence-electron chi connectivity index (χ3n) is 7.42. The molecule has 3 aromatic carbocycles. The van der Waals surface area contributed by atoms with Gasteiger partial charge in [-0.2, -0.15) is 0 Å². The molecular weight excluding hydrogens is 636 g/mol. The van der Waals surface area contributed by atoms with Crippen LogP contribution in [0, 0.1) is 0 Å².